The number of hydrogen-bond donors (Lipinski definition) is 3. The fraction of sp³-hybridized carbons (Fsp3) is 0.500. The van der Waals surface area contributed by atoms with E-state index in [-0.39, 0.29) is 5.84 Å². The van der Waals surface area contributed by atoms with Crippen LogP contribution < -0.4 is 11.1 Å². The third-order valence-electron chi connectivity index (χ3n) is 3.29. The Kier molecular flexibility index (Phi) is 5.76. The molecule has 0 aliphatic carbocycles. The van der Waals surface area contributed by atoms with Gasteiger partial charge >= 0.3 is 0 Å². The number of rotatable bonds is 6. The van der Waals surface area contributed by atoms with E-state index in [2.05, 4.69) is 31.2 Å². The molecular weight excluding hydrogens is 245 g/mol. The van der Waals surface area contributed by atoms with Gasteiger partial charge in [0.2, 0.25) is 0 Å². The molecule has 0 spiro atoms. The first-order valence-electron chi connectivity index (χ1n) is 6.42. The highest BCUT2D eigenvalue weighted by Crippen LogP contribution is 2.11. The number of nitrogens with zero attached hydrogens (tertiary/aromatic N) is 1. The molecule has 4 N–H and O–H groups in total. The number of oxime groups is 1. The highest BCUT2D eigenvalue weighted by Gasteiger charge is 2.08. The molecule has 0 heterocycles. The monoisotopic (exact) mass is 267 g/mol. The van der Waals surface area contributed by atoms with Crippen molar-refractivity contribution in [3.05, 3.63) is 35.1 Å². The van der Waals surface area contributed by atoms with Crippen LogP contribution in [0.1, 0.15) is 31.9 Å². The van der Waals surface area contributed by atoms with Gasteiger partial charge in [0, 0.05) is 12.1 Å². The van der Waals surface area contributed by atoms with Gasteiger partial charge in [-0.25, -0.2) is 4.39 Å². The van der Waals surface area contributed by atoms with Gasteiger partial charge in [0.1, 0.15) is 5.82 Å². The minimum Gasteiger partial charge on any atom is -0.409 e. The quantitative estimate of drug-likeness (QED) is 0.320. The predicted molar refractivity (Wildman–Crippen MR) is 74.6 cm³/mol. The molecule has 1 aromatic rings. The lowest BCUT2D eigenvalue weighted by Crippen LogP contribution is -2.24. The first-order chi connectivity index (χ1) is 8.93. The second-order valence-electron chi connectivity index (χ2n) is 5.19. The highest BCUT2D eigenvalue weighted by molar-refractivity contribution is 5.97. The summed E-state index contributed by atoms with van der Waals surface area (Å²) in [5.41, 5.74) is 6.62. The van der Waals surface area contributed by atoms with Crippen LogP contribution in [0.4, 0.5) is 4.39 Å². The van der Waals surface area contributed by atoms with Gasteiger partial charge in [0.25, 0.3) is 0 Å². The minimum absolute atomic E-state index is 0.0868. The molecule has 5 heteroatoms. The van der Waals surface area contributed by atoms with E-state index < -0.39 is 5.82 Å². The fourth-order valence-corrected chi connectivity index (χ4v) is 1.64. The standard InChI is InChI=1S/C14H22FN3O/c1-9(2)10(3)7-17-8-11-4-12(14(16)18-19)6-13(15)5-11/h4-6,9-10,17,19H,7-8H2,1-3H3,(H2,16,18). The Morgan fingerprint density at radius 1 is 1.37 bits per heavy atom. The third-order valence-corrected chi connectivity index (χ3v) is 3.29. The molecule has 1 aromatic carbocycles. The zero-order chi connectivity index (χ0) is 14.4. The normalized spacial score (nSPS) is 13.8. The zero-order valence-corrected chi connectivity index (χ0v) is 11.7. The average molecular weight is 267 g/mol. The molecule has 106 valence electrons. The van der Waals surface area contributed by atoms with E-state index in [0.717, 1.165) is 12.1 Å². The molecule has 1 rings (SSSR count). The van der Waals surface area contributed by atoms with E-state index in [1.165, 1.54) is 12.1 Å². The number of nitrogens with one attached hydrogen (secondary N) is 1. The van der Waals surface area contributed by atoms with E-state index >= 15 is 0 Å². The van der Waals surface area contributed by atoms with Gasteiger partial charge in [0.15, 0.2) is 5.84 Å². The Bertz CT molecular complexity index is 446. The van der Waals surface area contributed by atoms with Crippen LogP contribution in [0.3, 0.4) is 0 Å². The van der Waals surface area contributed by atoms with Crippen molar-refractivity contribution >= 4 is 5.84 Å². The van der Waals surface area contributed by atoms with Crippen molar-refractivity contribution in [1.82, 2.24) is 5.32 Å². The zero-order valence-electron chi connectivity index (χ0n) is 11.7. The minimum atomic E-state index is -0.391. The lowest BCUT2D eigenvalue weighted by atomic mass is 9.98. The van der Waals surface area contributed by atoms with E-state index in [1.54, 1.807) is 6.07 Å². The summed E-state index contributed by atoms with van der Waals surface area (Å²) in [5, 5.41) is 14.8. The molecule has 1 unspecified atom stereocenters. The number of benzene rings is 1. The van der Waals surface area contributed by atoms with Crippen LogP contribution in [0.2, 0.25) is 0 Å². The summed E-state index contributed by atoms with van der Waals surface area (Å²) in [6.07, 6.45) is 0. The van der Waals surface area contributed by atoms with Crippen molar-refractivity contribution in [3.63, 3.8) is 0 Å². The van der Waals surface area contributed by atoms with Crippen molar-refractivity contribution in [2.24, 2.45) is 22.7 Å². The number of halogens is 1. The molecule has 4 nitrogen and oxygen atoms in total. The largest absolute Gasteiger partial charge is 0.409 e. The van der Waals surface area contributed by atoms with Crippen LogP contribution in [-0.4, -0.2) is 17.6 Å². The van der Waals surface area contributed by atoms with Crippen molar-refractivity contribution < 1.29 is 9.60 Å². The smallest absolute Gasteiger partial charge is 0.170 e. The Morgan fingerprint density at radius 2 is 2.05 bits per heavy atom. The summed E-state index contributed by atoms with van der Waals surface area (Å²) < 4.78 is 13.4. The summed E-state index contributed by atoms with van der Waals surface area (Å²) in [7, 11) is 0. The van der Waals surface area contributed by atoms with Crippen molar-refractivity contribution in [2.45, 2.75) is 27.3 Å². The summed E-state index contributed by atoms with van der Waals surface area (Å²) in [6.45, 7) is 7.94. The Labute approximate surface area is 113 Å². The van der Waals surface area contributed by atoms with Gasteiger partial charge < -0.3 is 16.3 Å². The predicted octanol–water partition coefficient (Wildman–Crippen LogP) is 2.30. The Morgan fingerprint density at radius 3 is 2.63 bits per heavy atom. The van der Waals surface area contributed by atoms with Crippen molar-refractivity contribution in [1.29, 1.82) is 0 Å². The molecular formula is C14H22FN3O. The van der Waals surface area contributed by atoms with Crippen LogP contribution >= 0.6 is 0 Å². The van der Waals surface area contributed by atoms with E-state index in [9.17, 15) is 4.39 Å². The maximum absolute atomic E-state index is 13.4. The van der Waals surface area contributed by atoms with Crippen molar-refractivity contribution in [2.75, 3.05) is 6.54 Å². The Hall–Kier alpha value is -1.62. The van der Waals surface area contributed by atoms with Gasteiger partial charge in [-0.2, -0.15) is 0 Å². The third kappa shape index (κ3) is 4.87. The molecule has 0 saturated heterocycles. The first-order valence-corrected chi connectivity index (χ1v) is 6.42. The van der Waals surface area contributed by atoms with Gasteiger partial charge in [-0.3, -0.25) is 0 Å². The van der Waals surface area contributed by atoms with Gasteiger partial charge in [-0.05, 0) is 42.1 Å². The molecule has 0 aliphatic heterocycles. The Balaban J connectivity index is 2.66. The van der Waals surface area contributed by atoms with Crippen LogP contribution in [-0.2, 0) is 6.54 Å². The molecule has 0 amide bonds. The number of hydrogen-bond acceptors (Lipinski definition) is 3. The molecule has 0 saturated carbocycles. The summed E-state index contributed by atoms with van der Waals surface area (Å²) in [6, 6.07) is 4.40. The number of nitrogens with two attached hydrogens (primary N) is 1. The topological polar surface area (TPSA) is 70.6 Å². The molecule has 0 aliphatic rings. The molecule has 0 fully saturated rings. The SMILES string of the molecule is CC(C)C(C)CNCc1cc(F)cc(/C(N)=N/O)c1. The molecule has 19 heavy (non-hydrogen) atoms. The first kappa shape index (κ1) is 15.4. The maximum atomic E-state index is 13.4. The van der Waals surface area contributed by atoms with Crippen LogP contribution in [0, 0.1) is 17.7 Å². The second kappa shape index (κ2) is 7.09. The van der Waals surface area contributed by atoms with E-state index in [0.29, 0.717) is 23.9 Å². The highest BCUT2D eigenvalue weighted by atomic mass is 19.1. The molecule has 1 atom stereocenters. The van der Waals surface area contributed by atoms with E-state index in [1.807, 2.05) is 0 Å². The van der Waals surface area contributed by atoms with Crippen molar-refractivity contribution in [3.8, 4) is 0 Å². The van der Waals surface area contributed by atoms with Crippen LogP contribution in [0.5, 0.6) is 0 Å². The van der Waals surface area contributed by atoms with Gasteiger partial charge in [-0.1, -0.05) is 25.9 Å². The van der Waals surface area contributed by atoms with Gasteiger partial charge in [-0.15, -0.1) is 0 Å². The van der Waals surface area contributed by atoms with E-state index in [4.69, 9.17) is 10.9 Å². The van der Waals surface area contributed by atoms with Crippen LogP contribution in [0.25, 0.3) is 0 Å². The maximum Gasteiger partial charge on any atom is 0.170 e. The summed E-state index contributed by atoms with van der Waals surface area (Å²) >= 11 is 0. The molecule has 0 radical (unpaired) electrons. The second-order valence-corrected chi connectivity index (χ2v) is 5.19. The fourth-order valence-electron chi connectivity index (χ4n) is 1.64. The number of amidine groups is 1. The van der Waals surface area contributed by atoms with Crippen LogP contribution in [0.15, 0.2) is 23.4 Å². The summed E-state index contributed by atoms with van der Waals surface area (Å²) in [5.74, 6) is 0.680. The lowest BCUT2D eigenvalue weighted by molar-refractivity contribution is 0.318. The lowest BCUT2D eigenvalue weighted by Gasteiger charge is -2.16. The molecule has 0 bridgehead atoms. The molecule has 0 aromatic heterocycles. The van der Waals surface area contributed by atoms with Gasteiger partial charge in [0.05, 0.1) is 0 Å². The summed E-state index contributed by atoms with van der Waals surface area (Å²) in [4.78, 5) is 0. The average Bonchev–Trinajstić information content (AvgIpc) is 2.36.